The van der Waals surface area contributed by atoms with E-state index >= 15 is 0 Å². The molecule has 0 aliphatic rings. The molecular formula is C16H20N2O2S2. The van der Waals surface area contributed by atoms with Crippen LogP contribution < -0.4 is 5.32 Å². The molecule has 0 saturated heterocycles. The Labute approximate surface area is 138 Å². The van der Waals surface area contributed by atoms with Crippen molar-refractivity contribution in [1.82, 2.24) is 10.3 Å². The molecule has 0 aliphatic carbocycles. The molecule has 0 saturated carbocycles. The number of hydrogen-bond acceptors (Lipinski definition) is 5. The smallest absolute Gasteiger partial charge is 0.220 e. The molecule has 0 bridgehead atoms. The zero-order valence-corrected chi connectivity index (χ0v) is 14.9. The maximum Gasteiger partial charge on any atom is 0.220 e. The van der Waals surface area contributed by atoms with E-state index in [-0.39, 0.29) is 30.6 Å². The van der Waals surface area contributed by atoms with E-state index in [1.54, 1.807) is 11.3 Å². The molecule has 1 amide bonds. The molecule has 1 atom stereocenters. The second-order valence-electron chi connectivity index (χ2n) is 5.31. The number of rotatable bonds is 6. The highest BCUT2D eigenvalue weighted by Gasteiger charge is 2.16. The van der Waals surface area contributed by atoms with Crippen LogP contribution in [0, 0.1) is 20.8 Å². The van der Waals surface area contributed by atoms with E-state index in [0.29, 0.717) is 0 Å². The number of hydrogen-bond donors (Lipinski definition) is 1. The van der Waals surface area contributed by atoms with E-state index in [1.165, 1.54) is 11.3 Å². The van der Waals surface area contributed by atoms with E-state index in [0.717, 1.165) is 25.3 Å². The third-order valence-electron chi connectivity index (χ3n) is 3.30. The number of nitrogens with zero attached hydrogens (tertiary/aromatic N) is 1. The first kappa shape index (κ1) is 16.8. The molecule has 0 fully saturated rings. The third kappa shape index (κ3) is 4.24. The van der Waals surface area contributed by atoms with Crippen molar-refractivity contribution in [3.05, 3.63) is 37.5 Å². The molecule has 1 N–H and O–H groups in total. The molecule has 0 spiro atoms. The Balaban J connectivity index is 1.85. The minimum absolute atomic E-state index is 0.0331. The summed E-state index contributed by atoms with van der Waals surface area (Å²) < 4.78 is 0. The fourth-order valence-electron chi connectivity index (χ4n) is 2.26. The second-order valence-corrected chi connectivity index (χ2v) is 7.83. The van der Waals surface area contributed by atoms with Gasteiger partial charge in [0.25, 0.3) is 0 Å². The summed E-state index contributed by atoms with van der Waals surface area (Å²) in [5, 5.41) is 3.94. The predicted molar refractivity (Wildman–Crippen MR) is 90.8 cm³/mol. The highest BCUT2D eigenvalue weighted by atomic mass is 32.1. The fourth-order valence-corrected chi connectivity index (χ4v) is 4.03. The number of aromatic nitrogens is 1. The summed E-state index contributed by atoms with van der Waals surface area (Å²) in [6.45, 7) is 7.82. The minimum Gasteiger partial charge on any atom is -0.349 e. The zero-order chi connectivity index (χ0) is 16.3. The van der Waals surface area contributed by atoms with Crippen molar-refractivity contribution < 1.29 is 9.59 Å². The summed E-state index contributed by atoms with van der Waals surface area (Å²) in [4.78, 5) is 31.3. The third-order valence-corrected chi connectivity index (χ3v) is 5.60. The Morgan fingerprint density at radius 3 is 2.45 bits per heavy atom. The average molecular weight is 336 g/mol. The first-order valence-electron chi connectivity index (χ1n) is 7.19. The van der Waals surface area contributed by atoms with Crippen LogP contribution in [0.5, 0.6) is 0 Å². The average Bonchev–Trinajstić information content (AvgIpc) is 3.01. The van der Waals surface area contributed by atoms with Crippen molar-refractivity contribution in [1.29, 1.82) is 0 Å². The van der Waals surface area contributed by atoms with E-state index < -0.39 is 0 Å². The maximum atomic E-state index is 12.0. The van der Waals surface area contributed by atoms with Crippen LogP contribution in [0.4, 0.5) is 0 Å². The highest BCUT2D eigenvalue weighted by Crippen LogP contribution is 2.24. The van der Waals surface area contributed by atoms with Gasteiger partial charge in [-0.3, -0.25) is 9.59 Å². The first-order valence-corrected chi connectivity index (χ1v) is 8.83. The molecule has 1 unspecified atom stereocenters. The summed E-state index contributed by atoms with van der Waals surface area (Å²) in [5.74, 6) is -0.0645. The topological polar surface area (TPSA) is 59.1 Å². The zero-order valence-electron chi connectivity index (χ0n) is 13.2. The predicted octanol–water partition coefficient (Wildman–Crippen LogP) is 3.97. The van der Waals surface area contributed by atoms with Crippen molar-refractivity contribution in [2.45, 2.75) is 46.6 Å². The summed E-state index contributed by atoms with van der Waals surface area (Å²) in [6.07, 6.45) is 0.468. The van der Waals surface area contributed by atoms with E-state index in [1.807, 2.05) is 39.8 Å². The Hall–Kier alpha value is -1.53. The summed E-state index contributed by atoms with van der Waals surface area (Å²) in [7, 11) is 0. The number of ketones is 1. The van der Waals surface area contributed by atoms with Gasteiger partial charge in [-0.1, -0.05) is 0 Å². The van der Waals surface area contributed by atoms with Crippen molar-refractivity contribution >= 4 is 34.4 Å². The van der Waals surface area contributed by atoms with Crippen molar-refractivity contribution in [3.8, 4) is 0 Å². The molecule has 2 rings (SSSR count). The molecule has 6 heteroatoms. The molecule has 2 aromatic rings. The van der Waals surface area contributed by atoms with Crippen LogP contribution in [0.2, 0.25) is 0 Å². The van der Waals surface area contributed by atoms with Gasteiger partial charge in [0.15, 0.2) is 5.78 Å². The van der Waals surface area contributed by atoms with Gasteiger partial charge in [-0.2, -0.15) is 0 Å². The van der Waals surface area contributed by atoms with Crippen LogP contribution in [0.15, 0.2) is 12.1 Å². The molecule has 22 heavy (non-hydrogen) atoms. The number of thiophene rings is 1. The number of carbonyl (C=O) groups excluding carboxylic acids is 2. The lowest BCUT2D eigenvalue weighted by Gasteiger charge is -2.12. The molecule has 0 aliphatic heterocycles. The van der Waals surface area contributed by atoms with Crippen LogP contribution in [0.25, 0.3) is 0 Å². The molecule has 4 nitrogen and oxygen atoms in total. The Bertz CT molecular complexity index is 688. The normalized spacial score (nSPS) is 12.2. The number of Topliss-reactive ketones (excluding diaryl/α,β-unsaturated/α-hetero) is 1. The van der Waals surface area contributed by atoms with Gasteiger partial charge >= 0.3 is 0 Å². The second kappa shape index (κ2) is 7.15. The Morgan fingerprint density at radius 2 is 1.91 bits per heavy atom. The number of amides is 1. The van der Waals surface area contributed by atoms with Crippen LogP contribution in [-0.4, -0.2) is 16.7 Å². The van der Waals surface area contributed by atoms with Gasteiger partial charge in [-0.15, -0.1) is 22.7 Å². The number of nitrogens with one attached hydrogen (secondary N) is 1. The van der Waals surface area contributed by atoms with E-state index in [9.17, 15) is 9.59 Å². The summed E-state index contributed by atoms with van der Waals surface area (Å²) >= 11 is 3.07. The van der Waals surface area contributed by atoms with Crippen LogP contribution in [0.3, 0.4) is 0 Å². The maximum absolute atomic E-state index is 12.0. The van der Waals surface area contributed by atoms with Gasteiger partial charge in [0, 0.05) is 22.6 Å². The largest absolute Gasteiger partial charge is 0.349 e. The summed E-state index contributed by atoms with van der Waals surface area (Å²) in [5.41, 5.74) is 0.959. The van der Waals surface area contributed by atoms with Gasteiger partial charge in [0.2, 0.25) is 5.91 Å². The lowest BCUT2D eigenvalue weighted by Crippen LogP contribution is -2.26. The van der Waals surface area contributed by atoms with Gasteiger partial charge in [-0.05, 0) is 39.8 Å². The summed E-state index contributed by atoms with van der Waals surface area (Å²) in [6, 6.07) is 3.68. The number of carbonyl (C=O) groups is 2. The Morgan fingerprint density at radius 1 is 1.18 bits per heavy atom. The number of aryl methyl sites for hydroxylation is 3. The fraction of sp³-hybridized carbons (Fsp3) is 0.438. The van der Waals surface area contributed by atoms with Crippen LogP contribution >= 0.6 is 22.7 Å². The van der Waals surface area contributed by atoms with Gasteiger partial charge in [0.05, 0.1) is 21.6 Å². The van der Waals surface area contributed by atoms with Gasteiger partial charge in [-0.25, -0.2) is 4.98 Å². The van der Waals surface area contributed by atoms with Crippen LogP contribution in [0.1, 0.15) is 55.9 Å². The molecule has 0 aromatic carbocycles. The molecule has 118 valence electrons. The molecule has 2 aromatic heterocycles. The van der Waals surface area contributed by atoms with Crippen molar-refractivity contribution in [2.24, 2.45) is 0 Å². The Kier molecular flexibility index (Phi) is 5.47. The lowest BCUT2D eigenvalue weighted by atomic mass is 10.1. The first-order chi connectivity index (χ1) is 10.4. The molecule has 2 heterocycles. The monoisotopic (exact) mass is 336 g/mol. The standard InChI is InChI=1S/C16H20N2O2S2/c1-9-5-7-14(21-9)13(19)6-8-15(20)18-11(3)16-10(2)17-12(4)22-16/h5,7,11H,6,8H2,1-4H3,(H,18,20). The van der Waals surface area contributed by atoms with Crippen LogP contribution in [-0.2, 0) is 4.79 Å². The SMILES string of the molecule is Cc1ccc(C(=O)CCC(=O)NC(C)c2sc(C)nc2C)s1. The highest BCUT2D eigenvalue weighted by molar-refractivity contribution is 7.14. The van der Waals surface area contributed by atoms with Gasteiger partial charge in [0.1, 0.15) is 0 Å². The van der Waals surface area contributed by atoms with Crippen molar-refractivity contribution in [3.63, 3.8) is 0 Å². The quantitative estimate of drug-likeness (QED) is 0.812. The lowest BCUT2D eigenvalue weighted by molar-refractivity contribution is -0.121. The van der Waals surface area contributed by atoms with Gasteiger partial charge < -0.3 is 5.32 Å². The minimum atomic E-state index is -0.0976. The number of thiazole rings is 1. The molecule has 0 radical (unpaired) electrons. The van der Waals surface area contributed by atoms with E-state index in [4.69, 9.17) is 0 Å². The molecular weight excluding hydrogens is 316 g/mol. The van der Waals surface area contributed by atoms with Crippen molar-refractivity contribution in [2.75, 3.05) is 0 Å². The van der Waals surface area contributed by atoms with E-state index in [2.05, 4.69) is 10.3 Å².